The molecule has 1 heterocycles. The van der Waals surface area contributed by atoms with Crippen molar-refractivity contribution in [1.82, 2.24) is 10.2 Å². The van der Waals surface area contributed by atoms with E-state index in [2.05, 4.69) is 5.32 Å². The maximum absolute atomic E-state index is 12.1. The normalized spacial score (nSPS) is 15.3. The first-order valence-electron chi connectivity index (χ1n) is 7.79. The van der Waals surface area contributed by atoms with Crippen molar-refractivity contribution in [3.8, 4) is 0 Å². The fraction of sp³-hybridized carbons (Fsp3) is 0.438. The predicted molar refractivity (Wildman–Crippen MR) is 89.9 cm³/mol. The largest absolute Gasteiger partial charge is 0.455 e. The Morgan fingerprint density at radius 1 is 1.28 bits per heavy atom. The second-order valence-electron chi connectivity index (χ2n) is 5.44. The van der Waals surface area contributed by atoms with Gasteiger partial charge in [0.2, 0.25) is 0 Å². The zero-order chi connectivity index (χ0) is 18.2. The number of amides is 3. The van der Waals surface area contributed by atoms with Gasteiger partial charge in [0.25, 0.3) is 5.91 Å². The highest BCUT2D eigenvalue weighted by Gasteiger charge is 2.22. The number of urea groups is 1. The summed E-state index contributed by atoms with van der Waals surface area (Å²) in [6.07, 6.45) is -0.191. The van der Waals surface area contributed by atoms with Crippen LogP contribution in [0, 0.1) is 0 Å². The van der Waals surface area contributed by atoms with Gasteiger partial charge in [-0.05, 0) is 11.6 Å². The van der Waals surface area contributed by atoms with Crippen LogP contribution in [0.25, 0.3) is 0 Å². The number of halogens is 1. The standard InChI is InChI=1S/C16H20ClN3O5/c17-12-4-2-1-3-11(12)13(19-16(18)23)9-15(22)25-10-14(21)20-5-7-24-8-6-20/h1-4,13H,5-10H2,(H3,18,19,23)/t13-/m0/s1. The summed E-state index contributed by atoms with van der Waals surface area (Å²) in [5.41, 5.74) is 5.70. The summed E-state index contributed by atoms with van der Waals surface area (Å²) in [5.74, 6) is -0.922. The molecular weight excluding hydrogens is 350 g/mol. The molecule has 1 aliphatic heterocycles. The van der Waals surface area contributed by atoms with Crippen molar-refractivity contribution in [2.45, 2.75) is 12.5 Å². The minimum atomic E-state index is -0.790. The molecular formula is C16H20ClN3O5. The van der Waals surface area contributed by atoms with E-state index >= 15 is 0 Å². The first-order chi connectivity index (χ1) is 12.0. The van der Waals surface area contributed by atoms with Gasteiger partial charge >= 0.3 is 12.0 Å². The highest BCUT2D eigenvalue weighted by atomic mass is 35.5. The van der Waals surface area contributed by atoms with E-state index in [0.717, 1.165) is 0 Å². The lowest BCUT2D eigenvalue weighted by Crippen LogP contribution is -2.43. The molecule has 0 aromatic heterocycles. The van der Waals surface area contributed by atoms with Gasteiger partial charge in [0.1, 0.15) is 0 Å². The average molecular weight is 370 g/mol. The number of rotatable bonds is 6. The number of carbonyl (C=O) groups is 3. The molecule has 9 heteroatoms. The maximum Gasteiger partial charge on any atom is 0.312 e. The molecule has 1 aromatic rings. The zero-order valence-electron chi connectivity index (χ0n) is 13.6. The third kappa shape index (κ3) is 5.91. The molecule has 0 unspecified atom stereocenters. The Hall–Kier alpha value is -2.32. The molecule has 3 amide bonds. The monoisotopic (exact) mass is 369 g/mol. The van der Waals surface area contributed by atoms with Crippen LogP contribution in [0.2, 0.25) is 5.02 Å². The summed E-state index contributed by atoms with van der Waals surface area (Å²) >= 11 is 6.10. The van der Waals surface area contributed by atoms with E-state index in [1.165, 1.54) is 0 Å². The van der Waals surface area contributed by atoms with Crippen LogP contribution in [-0.2, 0) is 19.1 Å². The van der Waals surface area contributed by atoms with Gasteiger partial charge in [-0.3, -0.25) is 9.59 Å². The summed E-state index contributed by atoms with van der Waals surface area (Å²) in [4.78, 5) is 36.8. The molecule has 0 saturated carbocycles. The molecule has 1 aliphatic rings. The fourth-order valence-corrected chi connectivity index (χ4v) is 2.71. The van der Waals surface area contributed by atoms with Gasteiger partial charge in [-0.1, -0.05) is 29.8 Å². The van der Waals surface area contributed by atoms with E-state index in [4.69, 9.17) is 26.8 Å². The summed E-state index contributed by atoms with van der Waals surface area (Å²) in [5, 5.41) is 2.85. The Labute approximate surface area is 150 Å². The highest BCUT2D eigenvalue weighted by Crippen LogP contribution is 2.25. The number of hydrogen-bond acceptors (Lipinski definition) is 5. The van der Waals surface area contributed by atoms with Crippen molar-refractivity contribution in [3.05, 3.63) is 34.9 Å². The Balaban J connectivity index is 1.91. The molecule has 0 spiro atoms. The second-order valence-corrected chi connectivity index (χ2v) is 5.85. The van der Waals surface area contributed by atoms with Gasteiger partial charge in [0.15, 0.2) is 6.61 Å². The number of carbonyl (C=O) groups excluding carboxylic acids is 3. The first-order valence-corrected chi connectivity index (χ1v) is 8.16. The van der Waals surface area contributed by atoms with Gasteiger partial charge in [0, 0.05) is 18.1 Å². The summed E-state index contributed by atoms with van der Waals surface area (Å²) < 4.78 is 10.2. The van der Waals surface area contributed by atoms with Crippen molar-refractivity contribution in [2.24, 2.45) is 5.73 Å². The van der Waals surface area contributed by atoms with E-state index in [9.17, 15) is 14.4 Å². The first kappa shape index (κ1) is 19.0. The van der Waals surface area contributed by atoms with Gasteiger partial charge in [-0.15, -0.1) is 0 Å². The number of nitrogens with two attached hydrogens (primary N) is 1. The second kappa shape index (κ2) is 9.24. The number of hydrogen-bond donors (Lipinski definition) is 2. The van der Waals surface area contributed by atoms with Crippen LogP contribution in [0.1, 0.15) is 18.0 Å². The van der Waals surface area contributed by atoms with Crippen LogP contribution in [0.4, 0.5) is 4.79 Å². The van der Waals surface area contributed by atoms with Crippen molar-refractivity contribution in [1.29, 1.82) is 0 Å². The van der Waals surface area contributed by atoms with Gasteiger partial charge < -0.3 is 25.4 Å². The minimum Gasteiger partial charge on any atom is -0.455 e. The molecule has 8 nitrogen and oxygen atoms in total. The molecule has 2 rings (SSSR count). The van der Waals surface area contributed by atoms with Crippen LogP contribution < -0.4 is 11.1 Å². The van der Waals surface area contributed by atoms with Gasteiger partial charge in [-0.25, -0.2) is 4.79 Å². The molecule has 1 fully saturated rings. The molecule has 136 valence electrons. The summed E-state index contributed by atoms with van der Waals surface area (Å²) in [6, 6.07) is 5.24. The van der Waals surface area contributed by atoms with Crippen molar-refractivity contribution < 1.29 is 23.9 Å². The molecule has 1 atom stereocenters. The van der Waals surface area contributed by atoms with Crippen molar-refractivity contribution in [2.75, 3.05) is 32.9 Å². The van der Waals surface area contributed by atoms with Gasteiger partial charge in [-0.2, -0.15) is 0 Å². The van der Waals surface area contributed by atoms with E-state index < -0.39 is 18.0 Å². The Kier molecular flexibility index (Phi) is 7.03. The number of benzene rings is 1. The third-order valence-corrected chi connectivity index (χ3v) is 4.03. The fourth-order valence-electron chi connectivity index (χ4n) is 2.44. The molecule has 0 radical (unpaired) electrons. The number of morpholine rings is 1. The third-order valence-electron chi connectivity index (χ3n) is 3.69. The highest BCUT2D eigenvalue weighted by molar-refractivity contribution is 6.31. The molecule has 1 aromatic carbocycles. The lowest BCUT2D eigenvalue weighted by atomic mass is 10.0. The maximum atomic E-state index is 12.1. The summed E-state index contributed by atoms with van der Waals surface area (Å²) in [7, 11) is 0. The van der Waals surface area contributed by atoms with Crippen LogP contribution >= 0.6 is 11.6 Å². The van der Waals surface area contributed by atoms with Gasteiger partial charge in [0.05, 0.1) is 25.7 Å². The molecule has 0 bridgehead atoms. The lowest BCUT2D eigenvalue weighted by Gasteiger charge is -2.26. The zero-order valence-corrected chi connectivity index (χ0v) is 14.3. The number of primary amides is 1. The van der Waals surface area contributed by atoms with Crippen LogP contribution in [-0.4, -0.2) is 55.7 Å². The van der Waals surface area contributed by atoms with Crippen LogP contribution in [0.5, 0.6) is 0 Å². The Morgan fingerprint density at radius 2 is 1.96 bits per heavy atom. The van der Waals surface area contributed by atoms with E-state index in [1.54, 1.807) is 29.2 Å². The van der Waals surface area contributed by atoms with Crippen molar-refractivity contribution >= 4 is 29.5 Å². The molecule has 25 heavy (non-hydrogen) atoms. The predicted octanol–water partition coefficient (Wildman–Crippen LogP) is 0.842. The summed E-state index contributed by atoms with van der Waals surface area (Å²) in [6.45, 7) is 1.53. The lowest BCUT2D eigenvalue weighted by molar-refractivity contribution is -0.154. The Bertz CT molecular complexity index is 634. The quantitative estimate of drug-likeness (QED) is 0.722. The number of ether oxygens (including phenoxy) is 2. The molecule has 1 saturated heterocycles. The molecule has 0 aliphatic carbocycles. The smallest absolute Gasteiger partial charge is 0.312 e. The number of esters is 1. The van der Waals surface area contributed by atoms with Crippen LogP contribution in [0.3, 0.4) is 0 Å². The SMILES string of the molecule is NC(=O)N[C@@H](CC(=O)OCC(=O)N1CCOCC1)c1ccccc1Cl. The van der Waals surface area contributed by atoms with E-state index in [1.807, 2.05) is 0 Å². The average Bonchev–Trinajstić information content (AvgIpc) is 2.60. The topological polar surface area (TPSA) is 111 Å². The number of nitrogens with zero attached hydrogens (tertiary/aromatic N) is 1. The molecule has 3 N–H and O–H groups in total. The van der Waals surface area contributed by atoms with E-state index in [0.29, 0.717) is 36.9 Å². The minimum absolute atomic E-state index is 0.191. The number of nitrogens with one attached hydrogen (secondary N) is 1. The van der Waals surface area contributed by atoms with Crippen molar-refractivity contribution in [3.63, 3.8) is 0 Å². The van der Waals surface area contributed by atoms with E-state index in [-0.39, 0.29) is 18.9 Å². The van der Waals surface area contributed by atoms with Crippen LogP contribution in [0.15, 0.2) is 24.3 Å². The Morgan fingerprint density at radius 3 is 2.60 bits per heavy atom.